The molecule has 2 N–H and O–H groups in total. The number of nitro benzene ring substituents is 1. The van der Waals surface area contributed by atoms with Gasteiger partial charge in [0.05, 0.1) is 16.0 Å². The van der Waals surface area contributed by atoms with Crippen LogP contribution in [0.5, 0.6) is 0 Å². The fraction of sp³-hybridized carbons (Fsp3) is 0.357. The average Bonchev–Trinajstić information content (AvgIpc) is 2.44. The van der Waals surface area contributed by atoms with E-state index in [1.165, 1.54) is 6.07 Å². The van der Waals surface area contributed by atoms with Gasteiger partial charge in [-0.05, 0) is 30.5 Å². The molecule has 2 aromatic rings. The summed E-state index contributed by atoms with van der Waals surface area (Å²) in [4.78, 5) is 14.8. The number of pyridine rings is 1. The molecule has 106 valence electrons. The zero-order chi connectivity index (χ0) is 14.5. The average molecular weight is 275 g/mol. The molecule has 0 amide bonds. The smallest absolute Gasteiger partial charge is 0.278 e. The molecule has 0 aliphatic carbocycles. The first-order valence-electron chi connectivity index (χ1n) is 6.50. The molecule has 0 aliphatic rings. The lowest BCUT2D eigenvalue weighted by Crippen LogP contribution is -2.13. The molecule has 6 heteroatoms. The number of rotatable bonds is 6. The molecule has 0 fully saturated rings. The number of anilines is 1. The molecular formula is C14H17N3O3. The topological polar surface area (TPSA) is 88.3 Å². The molecule has 0 saturated heterocycles. The summed E-state index contributed by atoms with van der Waals surface area (Å²) in [5.74, 6) is 0.314. The number of nitrogens with zero attached hydrogens (tertiary/aromatic N) is 2. The normalized spacial score (nSPS) is 12.3. The van der Waals surface area contributed by atoms with Crippen LogP contribution in [0, 0.1) is 16.0 Å². The summed E-state index contributed by atoms with van der Waals surface area (Å²) >= 11 is 0. The van der Waals surface area contributed by atoms with Gasteiger partial charge in [0, 0.05) is 25.4 Å². The highest BCUT2D eigenvalue weighted by molar-refractivity contribution is 5.96. The van der Waals surface area contributed by atoms with Gasteiger partial charge in [0.15, 0.2) is 0 Å². The van der Waals surface area contributed by atoms with Crippen molar-refractivity contribution in [2.24, 2.45) is 5.92 Å². The van der Waals surface area contributed by atoms with Crippen molar-refractivity contribution in [2.45, 2.75) is 13.3 Å². The van der Waals surface area contributed by atoms with Crippen LogP contribution in [0.25, 0.3) is 10.9 Å². The number of nitrogens with one attached hydrogen (secondary N) is 1. The first kappa shape index (κ1) is 14.2. The lowest BCUT2D eigenvalue weighted by Gasteiger charge is -2.13. The van der Waals surface area contributed by atoms with Crippen molar-refractivity contribution in [3.63, 3.8) is 0 Å². The molecule has 1 aromatic carbocycles. The maximum Gasteiger partial charge on any atom is 0.278 e. The molecule has 2 rings (SSSR count). The molecule has 1 aromatic heterocycles. The van der Waals surface area contributed by atoms with Crippen molar-refractivity contribution in [2.75, 3.05) is 18.5 Å². The number of aliphatic hydroxyl groups excluding tert-OH is 1. The first-order valence-corrected chi connectivity index (χ1v) is 6.50. The van der Waals surface area contributed by atoms with Gasteiger partial charge in [0.2, 0.25) is 0 Å². The quantitative estimate of drug-likeness (QED) is 0.625. The number of hydrogen-bond acceptors (Lipinski definition) is 5. The second kappa shape index (κ2) is 6.29. The van der Waals surface area contributed by atoms with Gasteiger partial charge in [0.1, 0.15) is 5.52 Å². The van der Waals surface area contributed by atoms with E-state index in [0.717, 1.165) is 5.69 Å². The van der Waals surface area contributed by atoms with Crippen molar-refractivity contribution in [3.8, 4) is 0 Å². The predicted molar refractivity (Wildman–Crippen MR) is 77.8 cm³/mol. The molecular weight excluding hydrogens is 258 g/mol. The van der Waals surface area contributed by atoms with Crippen molar-refractivity contribution in [3.05, 3.63) is 40.6 Å². The number of benzene rings is 1. The number of aliphatic hydroxyl groups is 1. The Morgan fingerprint density at radius 3 is 2.95 bits per heavy atom. The second-order valence-corrected chi connectivity index (χ2v) is 4.79. The third-order valence-electron chi connectivity index (χ3n) is 3.21. The Labute approximate surface area is 116 Å². The standard InChI is InChI=1S/C14H17N3O3/c1-10(6-8-18)9-16-12-4-5-13(17(19)20)11-3-2-7-15-14(11)12/h2-5,7,10,16,18H,6,8-9H2,1H3. The third kappa shape index (κ3) is 3.03. The molecule has 1 atom stereocenters. The summed E-state index contributed by atoms with van der Waals surface area (Å²) < 4.78 is 0. The molecule has 20 heavy (non-hydrogen) atoms. The van der Waals surface area contributed by atoms with Gasteiger partial charge in [-0.3, -0.25) is 15.1 Å². The molecule has 6 nitrogen and oxygen atoms in total. The van der Waals surface area contributed by atoms with Crippen LogP contribution in [0.4, 0.5) is 11.4 Å². The van der Waals surface area contributed by atoms with E-state index in [9.17, 15) is 10.1 Å². The van der Waals surface area contributed by atoms with Gasteiger partial charge in [-0.15, -0.1) is 0 Å². The zero-order valence-electron chi connectivity index (χ0n) is 11.2. The predicted octanol–water partition coefficient (Wildman–Crippen LogP) is 2.57. The fourth-order valence-electron chi connectivity index (χ4n) is 2.07. The monoisotopic (exact) mass is 275 g/mol. The SMILES string of the molecule is CC(CCO)CNc1ccc([N+](=O)[O-])c2cccnc12. The van der Waals surface area contributed by atoms with E-state index in [2.05, 4.69) is 10.3 Å². The summed E-state index contributed by atoms with van der Waals surface area (Å²) in [7, 11) is 0. The molecule has 1 heterocycles. The third-order valence-corrected chi connectivity index (χ3v) is 3.21. The van der Waals surface area contributed by atoms with Gasteiger partial charge in [-0.1, -0.05) is 6.92 Å². The highest BCUT2D eigenvalue weighted by Gasteiger charge is 2.15. The first-order chi connectivity index (χ1) is 9.63. The van der Waals surface area contributed by atoms with E-state index in [0.29, 0.717) is 29.8 Å². The maximum absolute atomic E-state index is 11.0. The lowest BCUT2D eigenvalue weighted by atomic mass is 10.1. The van der Waals surface area contributed by atoms with E-state index in [4.69, 9.17) is 5.11 Å². The van der Waals surface area contributed by atoms with Gasteiger partial charge in [-0.2, -0.15) is 0 Å². The molecule has 1 unspecified atom stereocenters. The summed E-state index contributed by atoms with van der Waals surface area (Å²) in [6, 6.07) is 6.55. The highest BCUT2D eigenvalue weighted by atomic mass is 16.6. The number of non-ortho nitro benzene ring substituents is 1. The van der Waals surface area contributed by atoms with E-state index in [1.54, 1.807) is 24.4 Å². The number of hydrogen-bond donors (Lipinski definition) is 2. The number of nitro groups is 1. The van der Waals surface area contributed by atoms with Crippen LogP contribution >= 0.6 is 0 Å². The number of fused-ring (bicyclic) bond motifs is 1. The van der Waals surface area contributed by atoms with E-state index in [-0.39, 0.29) is 12.3 Å². The fourth-order valence-corrected chi connectivity index (χ4v) is 2.07. The second-order valence-electron chi connectivity index (χ2n) is 4.79. The Bertz CT molecular complexity index is 616. The van der Waals surface area contributed by atoms with Crippen molar-refractivity contribution in [1.29, 1.82) is 0 Å². The van der Waals surface area contributed by atoms with Crippen LogP contribution in [0.3, 0.4) is 0 Å². The maximum atomic E-state index is 11.0. The minimum absolute atomic E-state index is 0.0575. The summed E-state index contributed by atoms with van der Waals surface area (Å²) in [5, 5.41) is 23.7. The Balaban J connectivity index is 2.31. The molecule has 0 spiro atoms. The molecule has 0 bridgehead atoms. The number of aromatic nitrogens is 1. The Morgan fingerprint density at radius 2 is 2.25 bits per heavy atom. The lowest BCUT2D eigenvalue weighted by molar-refractivity contribution is -0.383. The molecule has 0 aliphatic heterocycles. The van der Waals surface area contributed by atoms with Crippen LogP contribution in [0.15, 0.2) is 30.5 Å². The molecule has 0 saturated carbocycles. The minimum atomic E-state index is -0.401. The van der Waals surface area contributed by atoms with Gasteiger partial charge < -0.3 is 10.4 Å². The largest absolute Gasteiger partial charge is 0.396 e. The minimum Gasteiger partial charge on any atom is -0.396 e. The Kier molecular flexibility index (Phi) is 4.47. The van der Waals surface area contributed by atoms with Crippen LogP contribution in [0.1, 0.15) is 13.3 Å². The van der Waals surface area contributed by atoms with Crippen LogP contribution in [-0.4, -0.2) is 28.2 Å². The summed E-state index contributed by atoms with van der Waals surface area (Å²) in [6.07, 6.45) is 2.33. The van der Waals surface area contributed by atoms with E-state index >= 15 is 0 Å². The van der Waals surface area contributed by atoms with Gasteiger partial charge in [0.25, 0.3) is 5.69 Å². The van der Waals surface area contributed by atoms with Crippen LogP contribution < -0.4 is 5.32 Å². The summed E-state index contributed by atoms with van der Waals surface area (Å²) in [5.41, 5.74) is 1.43. The highest BCUT2D eigenvalue weighted by Crippen LogP contribution is 2.29. The Morgan fingerprint density at radius 1 is 1.45 bits per heavy atom. The van der Waals surface area contributed by atoms with Gasteiger partial charge >= 0.3 is 0 Å². The van der Waals surface area contributed by atoms with Crippen molar-refractivity contribution >= 4 is 22.3 Å². The molecule has 0 radical (unpaired) electrons. The Hall–Kier alpha value is -2.21. The zero-order valence-corrected chi connectivity index (χ0v) is 11.2. The van der Waals surface area contributed by atoms with Crippen LogP contribution in [0.2, 0.25) is 0 Å². The summed E-state index contributed by atoms with van der Waals surface area (Å²) in [6.45, 7) is 2.87. The van der Waals surface area contributed by atoms with Crippen molar-refractivity contribution in [1.82, 2.24) is 4.98 Å². The van der Waals surface area contributed by atoms with E-state index in [1.807, 2.05) is 6.92 Å². The van der Waals surface area contributed by atoms with Gasteiger partial charge in [-0.25, -0.2) is 0 Å². The van der Waals surface area contributed by atoms with Crippen LogP contribution in [-0.2, 0) is 0 Å². The van der Waals surface area contributed by atoms with E-state index < -0.39 is 4.92 Å². The van der Waals surface area contributed by atoms with Crippen molar-refractivity contribution < 1.29 is 10.0 Å².